The minimum absolute atomic E-state index is 0.281. The van der Waals surface area contributed by atoms with Crippen molar-refractivity contribution in [1.29, 1.82) is 0 Å². The second-order valence-corrected chi connectivity index (χ2v) is 6.02. The Morgan fingerprint density at radius 3 is 2.67 bits per heavy atom. The highest BCUT2D eigenvalue weighted by molar-refractivity contribution is 7.98. The molecule has 7 heteroatoms. The maximum absolute atomic E-state index is 13.1. The predicted octanol–water partition coefficient (Wildman–Crippen LogP) is 3.64. The largest absolute Gasteiger partial charge is 0.260 e. The van der Waals surface area contributed by atoms with Gasteiger partial charge in [-0.3, -0.25) is 4.98 Å². The quantitative estimate of drug-likeness (QED) is 0.420. The van der Waals surface area contributed by atoms with E-state index in [1.54, 1.807) is 41.0 Å². The summed E-state index contributed by atoms with van der Waals surface area (Å²) in [6.45, 7) is 0. The molecule has 0 aliphatic carbocycles. The van der Waals surface area contributed by atoms with E-state index in [2.05, 4.69) is 20.1 Å². The summed E-state index contributed by atoms with van der Waals surface area (Å²) in [5.74, 6) is 0.436. The summed E-state index contributed by atoms with van der Waals surface area (Å²) >= 11 is 1.59. The number of fused-ring (bicyclic) bond motifs is 1. The lowest BCUT2D eigenvalue weighted by atomic mass is 10.3. The molecule has 0 N–H and O–H groups in total. The number of hydrogen-bond donors (Lipinski definition) is 0. The van der Waals surface area contributed by atoms with Gasteiger partial charge in [0.05, 0.1) is 23.0 Å². The van der Waals surface area contributed by atoms with Crippen molar-refractivity contribution in [3.63, 3.8) is 0 Å². The van der Waals surface area contributed by atoms with Gasteiger partial charge in [-0.05, 0) is 36.4 Å². The van der Waals surface area contributed by atoms with Gasteiger partial charge in [0.2, 0.25) is 0 Å². The molecule has 0 fully saturated rings. The average Bonchev–Trinajstić information content (AvgIpc) is 3.06. The van der Waals surface area contributed by atoms with E-state index in [1.807, 2.05) is 18.2 Å². The summed E-state index contributed by atoms with van der Waals surface area (Å²) in [7, 11) is 0. The van der Waals surface area contributed by atoms with E-state index in [9.17, 15) is 4.39 Å². The van der Waals surface area contributed by atoms with Crippen LogP contribution in [-0.2, 0) is 5.75 Å². The number of halogens is 1. The molecule has 0 unspecified atom stereocenters. The molecule has 1 aromatic carbocycles. The van der Waals surface area contributed by atoms with Crippen LogP contribution >= 0.6 is 11.8 Å². The number of thioether (sulfide) groups is 1. The summed E-state index contributed by atoms with van der Waals surface area (Å²) in [6, 6.07) is 12.0. The van der Waals surface area contributed by atoms with Gasteiger partial charge >= 0.3 is 0 Å². The molecule has 118 valence electrons. The smallest absolute Gasteiger partial charge is 0.167 e. The fraction of sp³-hybridized carbons (Fsp3) is 0.0588. The van der Waals surface area contributed by atoms with E-state index in [4.69, 9.17) is 0 Å². The fourth-order valence-corrected chi connectivity index (χ4v) is 3.21. The topological polar surface area (TPSA) is 56.5 Å². The maximum Gasteiger partial charge on any atom is 0.167 e. The van der Waals surface area contributed by atoms with Crippen molar-refractivity contribution in [2.24, 2.45) is 0 Å². The Bertz CT molecular complexity index is 969. The van der Waals surface area contributed by atoms with E-state index in [0.29, 0.717) is 11.4 Å². The lowest BCUT2D eigenvalue weighted by molar-refractivity contribution is 0.627. The van der Waals surface area contributed by atoms with Crippen molar-refractivity contribution in [1.82, 2.24) is 24.7 Å². The number of aromatic nitrogens is 5. The SMILES string of the molecule is Fc1ccc(-n2ncc3c(SCc4ccccn4)ncnc32)cc1. The molecule has 0 aliphatic rings. The van der Waals surface area contributed by atoms with Gasteiger partial charge in [0.1, 0.15) is 17.2 Å². The highest BCUT2D eigenvalue weighted by atomic mass is 32.2. The molecule has 0 amide bonds. The zero-order valence-electron chi connectivity index (χ0n) is 12.5. The standard InChI is InChI=1S/C17H12FN5S/c18-12-4-6-14(7-5-12)23-16-15(9-22-23)17(21-11-20-16)24-10-13-3-1-2-8-19-13/h1-9,11H,10H2. The Hall–Kier alpha value is -2.80. The van der Waals surface area contributed by atoms with Crippen LogP contribution in [0.4, 0.5) is 4.39 Å². The number of rotatable bonds is 4. The lowest BCUT2D eigenvalue weighted by Crippen LogP contribution is -1.98. The Balaban J connectivity index is 1.67. The van der Waals surface area contributed by atoms with Gasteiger partial charge in [0, 0.05) is 11.9 Å². The molecular formula is C17H12FN5S. The van der Waals surface area contributed by atoms with E-state index < -0.39 is 0 Å². The molecule has 3 heterocycles. The Morgan fingerprint density at radius 2 is 1.88 bits per heavy atom. The molecule has 0 atom stereocenters. The van der Waals surface area contributed by atoms with Crippen molar-refractivity contribution in [3.8, 4) is 5.69 Å². The van der Waals surface area contributed by atoms with Crippen LogP contribution in [0.1, 0.15) is 5.69 Å². The third-order valence-corrected chi connectivity index (χ3v) is 4.52. The van der Waals surface area contributed by atoms with Crippen LogP contribution in [0.15, 0.2) is 66.2 Å². The Morgan fingerprint density at radius 1 is 1.00 bits per heavy atom. The number of benzene rings is 1. The van der Waals surface area contributed by atoms with Gasteiger partial charge in [-0.1, -0.05) is 17.8 Å². The summed E-state index contributed by atoms with van der Waals surface area (Å²) < 4.78 is 14.8. The van der Waals surface area contributed by atoms with Gasteiger partial charge in [-0.25, -0.2) is 19.0 Å². The van der Waals surface area contributed by atoms with Crippen molar-refractivity contribution in [3.05, 3.63) is 72.7 Å². The van der Waals surface area contributed by atoms with Gasteiger partial charge < -0.3 is 0 Å². The van der Waals surface area contributed by atoms with Gasteiger partial charge in [0.25, 0.3) is 0 Å². The van der Waals surface area contributed by atoms with Crippen molar-refractivity contribution in [2.45, 2.75) is 10.8 Å². The molecule has 0 bridgehead atoms. The van der Waals surface area contributed by atoms with E-state index in [0.717, 1.165) is 21.8 Å². The first kappa shape index (κ1) is 14.8. The molecular weight excluding hydrogens is 325 g/mol. The van der Waals surface area contributed by atoms with Crippen LogP contribution < -0.4 is 0 Å². The number of hydrogen-bond acceptors (Lipinski definition) is 5. The molecule has 24 heavy (non-hydrogen) atoms. The highest BCUT2D eigenvalue weighted by Crippen LogP contribution is 2.27. The summed E-state index contributed by atoms with van der Waals surface area (Å²) in [6.07, 6.45) is 5.03. The molecule has 5 nitrogen and oxygen atoms in total. The molecule has 4 aromatic rings. The Kier molecular flexibility index (Phi) is 3.92. The normalized spacial score (nSPS) is 11.0. The highest BCUT2D eigenvalue weighted by Gasteiger charge is 2.12. The Labute approximate surface area is 141 Å². The average molecular weight is 337 g/mol. The molecule has 0 radical (unpaired) electrons. The first-order valence-electron chi connectivity index (χ1n) is 7.28. The van der Waals surface area contributed by atoms with E-state index >= 15 is 0 Å². The van der Waals surface area contributed by atoms with Gasteiger partial charge in [-0.15, -0.1) is 0 Å². The van der Waals surface area contributed by atoms with E-state index in [-0.39, 0.29) is 5.82 Å². The first-order chi connectivity index (χ1) is 11.8. The van der Waals surface area contributed by atoms with Crippen LogP contribution in [-0.4, -0.2) is 24.7 Å². The van der Waals surface area contributed by atoms with Crippen LogP contribution in [0.2, 0.25) is 0 Å². The number of nitrogens with zero attached hydrogens (tertiary/aromatic N) is 5. The second-order valence-electron chi connectivity index (χ2n) is 5.06. The first-order valence-corrected chi connectivity index (χ1v) is 8.27. The van der Waals surface area contributed by atoms with Crippen LogP contribution in [0.25, 0.3) is 16.7 Å². The lowest BCUT2D eigenvalue weighted by Gasteiger charge is -2.04. The second kappa shape index (κ2) is 6.37. The molecule has 0 saturated heterocycles. The molecule has 0 aliphatic heterocycles. The van der Waals surface area contributed by atoms with Crippen molar-refractivity contribution in [2.75, 3.05) is 0 Å². The van der Waals surface area contributed by atoms with Crippen molar-refractivity contribution >= 4 is 22.8 Å². The van der Waals surface area contributed by atoms with Crippen LogP contribution in [0.5, 0.6) is 0 Å². The molecule has 0 spiro atoms. The van der Waals surface area contributed by atoms with Gasteiger partial charge in [0.15, 0.2) is 5.65 Å². The molecule has 3 aromatic heterocycles. The predicted molar refractivity (Wildman–Crippen MR) is 90.4 cm³/mol. The zero-order chi connectivity index (χ0) is 16.4. The summed E-state index contributed by atoms with van der Waals surface area (Å²) in [5, 5.41) is 6.08. The zero-order valence-corrected chi connectivity index (χ0v) is 13.3. The monoisotopic (exact) mass is 337 g/mol. The number of pyridine rings is 1. The maximum atomic E-state index is 13.1. The van der Waals surface area contributed by atoms with E-state index in [1.165, 1.54) is 18.5 Å². The van der Waals surface area contributed by atoms with Gasteiger partial charge in [-0.2, -0.15) is 5.10 Å². The van der Waals surface area contributed by atoms with Crippen LogP contribution in [0, 0.1) is 5.82 Å². The molecule has 0 saturated carbocycles. The molecule has 4 rings (SSSR count). The third kappa shape index (κ3) is 2.85. The fourth-order valence-electron chi connectivity index (χ4n) is 2.33. The minimum atomic E-state index is -0.281. The summed E-state index contributed by atoms with van der Waals surface area (Å²) in [4.78, 5) is 13.0. The minimum Gasteiger partial charge on any atom is -0.260 e. The van der Waals surface area contributed by atoms with Crippen LogP contribution in [0.3, 0.4) is 0 Å². The van der Waals surface area contributed by atoms with Crippen molar-refractivity contribution < 1.29 is 4.39 Å². The summed E-state index contributed by atoms with van der Waals surface area (Å²) in [5.41, 5.74) is 2.44. The third-order valence-electron chi connectivity index (χ3n) is 3.48.